The van der Waals surface area contributed by atoms with E-state index >= 15 is 0 Å². The topological polar surface area (TPSA) is 89.4 Å². The summed E-state index contributed by atoms with van der Waals surface area (Å²) in [6.45, 7) is 0. The molecule has 0 aliphatic carbocycles. The molecule has 0 spiro atoms. The van der Waals surface area contributed by atoms with E-state index in [1.54, 1.807) is 18.0 Å². The number of amides is 1. The van der Waals surface area contributed by atoms with Crippen molar-refractivity contribution in [2.24, 2.45) is 5.73 Å². The minimum Gasteiger partial charge on any atom is -0.397 e. The van der Waals surface area contributed by atoms with Crippen molar-refractivity contribution in [1.82, 2.24) is 0 Å². The lowest BCUT2D eigenvalue weighted by atomic mass is 10.1. The van der Waals surface area contributed by atoms with Crippen molar-refractivity contribution >= 4 is 23.6 Å². The highest BCUT2D eigenvalue weighted by Gasteiger charge is 2.16. The van der Waals surface area contributed by atoms with Gasteiger partial charge < -0.3 is 21.2 Å². The molecule has 1 atom stereocenters. The van der Waals surface area contributed by atoms with Gasteiger partial charge in [0.1, 0.15) is 6.29 Å². The van der Waals surface area contributed by atoms with Crippen LogP contribution in [0.4, 0.5) is 11.4 Å². The average molecular weight is 235 g/mol. The zero-order chi connectivity index (χ0) is 12.8. The Morgan fingerprint density at radius 3 is 2.65 bits per heavy atom. The molecule has 5 nitrogen and oxygen atoms in total. The van der Waals surface area contributed by atoms with Gasteiger partial charge in [0.05, 0.1) is 17.4 Å². The molecule has 17 heavy (non-hydrogen) atoms. The molecule has 0 aliphatic rings. The second-order valence-electron chi connectivity index (χ2n) is 3.88. The first-order chi connectivity index (χ1) is 8.06. The van der Waals surface area contributed by atoms with Crippen LogP contribution in [0.15, 0.2) is 24.3 Å². The van der Waals surface area contributed by atoms with E-state index in [2.05, 4.69) is 0 Å². The van der Waals surface area contributed by atoms with Crippen LogP contribution in [0, 0.1) is 0 Å². The normalized spacial score (nSPS) is 11.8. The number of primary amides is 1. The quantitative estimate of drug-likeness (QED) is 0.556. The van der Waals surface area contributed by atoms with Crippen LogP contribution in [0.25, 0.3) is 0 Å². The number of hydrogen-bond acceptors (Lipinski definition) is 4. The summed E-state index contributed by atoms with van der Waals surface area (Å²) in [5.41, 5.74) is 12.3. The van der Waals surface area contributed by atoms with Gasteiger partial charge >= 0.3 is 0 Å². The Morgan fingerprint density at radius 2 is 2.12 bits per heavy atom. The Morgan fingerprint density at radius 1 is 1.47 bits per heavy atom. The van der Waals surface area contributed by atoms with Gasteiger partial charge in [-0.05, 0) is 18.6 Å². The van der Waals surface area contributed by atoms with E-state index in [-0.39, 0.29) is 6.42 Å². The molecule has 0 saturated heterocycles. The number of nitrogens with two attached hydrogens (primary N) is 2. The lowest BCUT2D eigenvalue weighted by Gasteiger charge is -2.26. The van der Waals surface area contributed by atoms with Crippen molar-refractivity contribution in [3.05, 3.63) is 24.3 Å². The molecule has 0 radical (unpaired) electrons. The molecule has 1 aromatic carbocycles. The van der Waals surface area contributed by atoms with Crippen LogP contribution >= 0.6 is 0 Å². The molecule has 1 aromatic rings. The first kappa shape index (κ1) is 13.0. The molecular formula is C12H17N3O2. The van der Waals surface area contributed by atoms with E-state index in [4.69, 9.17) is 11.5 Å². The lowest BCUT2D eigenvalue weighted by molar-refractivity contribution is -0.118. The van der Waals surface area contributed by atoms with Crippen molar-refractivity contribution in [1.29, 1.82) is 0 Å². The van der Waals surface area contributed by atoms with Gasteiger partial charge in [0, 0.05) is 13.5 Å². The molecule has 0 aromatic heterocycles. The summed E-state index contributed by atoms with van der Waals surface area (Å²) in [4.78, 5) is 23.5. The van der Waals surface area contributed by atoms with Crippen LogP contribution in [-0.2, 0) is 9.59 Å². The van der Waals surface area contributed by atoms with Gasteiger partial charge in [0.2, 0.25) is 5.91 Å². The maximum Gasteiger partial charge on any atom is 0.217 e. The molecule has 0 aliphatic heterocycles. The fourth-order valence-electron chi connectivity index (χ4n) is 1.63. The SMILES string of the molecule is CN(c1ccccc1N)C(C=O)CCC(N)=O. The number of likely N-dealkylation sites (N-methyl/N-ethyl adjacent to an activating group) is 1. The molecule has 1 rings (SSSR count). The lowest BCUT2D eigenvalue weighted by Crippen LogP contribution is -2.34. The Hall–Kier alpha value is -2.04. The summed E-state index contributed by atoms with van der Waals surface area (Å²) in [7, 11) is 1.77. The summed E-state index contributed by atoms with van der Waals surface area (Å²) in [5.74, 6) is -0.411. The van der Waals surface area contributed by atoms with E-state index in [0.29, 0.717) is 12.1 Å². The van der Waals surface area contributed by atoms with E-state index in [9.17, 15) is 9.59 Å². The summed E-state index contributed by atoms with van der Waals surface area (Å²) in [6, 6.07) is 6.87. The zero-order valence-corrected chi connectivity index (χ0v) is 9.80. The molecule has 1 unspecified atom stereocenters. The molecular weight excluding hydrogens is 218 g/mol. The number of carbonyl (C=O) groups excluding carboxylic acids is 2. The number of anilines is 2. The van der Waals surface area contributed by atoms with Crippen molar-refractivity contribution in [2.45, 2.75) is 18.9 Å². The van der Waals surface area contributed by atoms with E-state index in [1.807, 2.05) is 18.2 Å². The standard InChI is InChI=1S/C12H17N3O2/c1-15(9(8-16)6-7-12(14)17)11-5-3-2-4-10(11)13/h2-5,8-9H,6-7,13H2,1H3,(H2,14,17). The van der Waals surface area contributed by atoms with E-state index in [0.717, 1.165) is 12.0 Å². The highest BCUT2D eigenvalue weighted by molar-refractivity contribution is 5.76. The number of aldehydes is 1. The monoisotopic (exact) mass is 235 g/mol. The molecule has 92 valence electrons. The Bertz CT molecular complexity index is 406. The Balaban J connectivity index is 2.79. The smallest absolute Gasteiger partial charge is 0.217 e. The van der Waals surface area contributed by atoms with Crippen molar-refractivity contribution in [2.75, 3.05) is 17.7 Å². The minimum atomic E-state index is -0.411. The van der Waals surface area contributed by atoms with Gasteiger partial charge in [0.25, 0.3) is 0 Å². The third-order valence-electron chi connectivity index (χ3n) is 2.66. The highest BCUT2D eigenvalue weighted by atomic mass is 16.1. The third-order valence-corrected chi connectivity index (χ3v) is 2.66. The summed E-state index contributed by atoms with van der Waals surface area (Å²) in [6.07, 6.45) is 1.37. The molecule has 1 amide bonds. The van der Waals surface area contributed by atoms with Gasteiger partial charge in [-0.3, -0.25) is 4.79 Å². The summed E-state index contributed by atoms with van der Waals surface area (Å²) < 4.78 is 0. The van der Waals surface area contributed by atoms with E-state index < -0.39 is 11.9 Å². The highest BCUT2D eigenvalue weighted by Crippen LogP contribution is 2.23. The fourth-order valence-corrected chi connectivity index (χ4v) is 1.63. The van der Waals surface area contributed by atoms with Crippen molar-refractivity contribution < 1.29 is 9.59 Å². The van der Waals surface area contributed by atoms with Crippen molar-refractivity contribution in [3.8, 4) is 0 Å². The molecule has 0 fully saturated rings. The van der Waals surface area contributed by atoms with Gasteiger partial charge in [-0.2, -0.15) is 0 Å². The predicted octanol–water partition coefficient (Wildman–Crippen LogP) is 0.538. The van der Waals surface area contributed by atoms with Crippen LogP contribution in [0.5, 0.6) is 0 Å². The largest absolute Gasteiger partial charge is 0.397 e. The van der Waals surface area contributed by atoms with Crippen LogP contribution in [0.3, 0.4) is 0 Å². The first-order valence-electron chi connectivity index (χ1n) is 5.37. The average Bonchev–Trinajstić information content (AvgIpc) is 2.29. The summed E-state index contributed by atoms with van der Waals surface area (Å²) in [5, 5.41) is 0. The van der Waals surface area contributed by atoms with Gasteiger partial charge in [-0.1, -0.05) is 12.1 Å². The maximum absolute atomic E-state index is 11.0. The number of carbonyl (C=O) groups is 2. The van der Waals surface area contributed by atoms with Gasteiger partial charge in [-0.15, -0.1) is 0 Å². The minimum absolute atomic E-state index is 0.181. The second kappa shape index (κ2) is 5.89. The Labute approximate surface area is 100 Å². The number of nitrogen functional groups attached to an aromatic ring is 1. The third kappa shape index (κ3) is 3.48. The molecule has 0 saturated carbocycles. The van der Waals surface area contributed by atoms with Gasteiger partial charge in [0.15, 0.2) is 0 Å². The number of rotatable bonds is 6. The zero-order valence-electron chi connectivity index (χ0n) is 9.80. The van der Waals surface area contributed by atoms with E-state index in [1.165, 1.54) is 0 Å². The maximum atomic E-state index is 11.0. The number of nitrogens with zero attached hydrogens (tertiary/aromatic N) is 1. The second-order valence-corrected chi connectivity index (χ2v) is 3.88. The number of benzene rings is 1. The van der Waals surface area contributed by atoms with Crippen LogP contribution in [0.2, 0.25) is 0 Å². The van der Waals surface area contributed by atoms with Crippen molar-refractivity contribution in [3.63, 3.8) is 0 Å². The number of hydrogen-bond donors (Lipinski definition) is 2. The first-order valence-corrected chi connectivity index (χ1v) is 5.37. The molecule has 0 bridgehead atoms. The van der Waals surface area contributed by atoms with Gasteiger partial charge in [-0.25, -0.2) is 0 Å². The molecule has 5 heteroatoms. The molecule has 0 heterocycles. The Kier molecular flexibility index (Phi) is 4.51. The molecule has 4 N–H and O–H groups in total. The number of para-hydroxylation sites is 2. The van der Waals surface area contributed by atoms with Crippen LogP contribution in [-0.4, -0.2) is 25.3 Å². The van der Waals surface area contributed by atoms with Crippen LogP contribution < -0.4 is 16.4 Å². The predicted molar refractivity (Wildman–Crippen MR) is 67.5 cm³/mol. The summed E-state index contributed by atoms with van der Waals surface area (Å²) >= 11 is 0. The fraction of sp³-hybridized carbons (Fsp3) is 0.333. The van der Waals surface area contributed by atoms with Crippen LogP contribution in [0.1, 0.15) is 12.8 Å².